The van der Waals surface area contributed by atoms with E-state index < -0.39 is 0 Å². The summed E-state index contributed by atoms with van der Waals surface area (Å²) in [6.45, 7) is 0.474. The van der Waals surface area contributed by atoms with Gasteiger partial charge in [-0.1, -0.05) is 17.7 Å². The Kier molecular flexibility index (Phi) is 3.24. The molecule has 82 valence electrons. The summed E-state index contributed by atoms with van der Waals surface area (Å²) in [4.78, 5) is 0. The first-order valence-corrected chi connectivity index (χ1v) is 5.49. The van der Waals surface area contributed by atoms with Gasteiger partial charge in [-0.05, 0) is 30.5 Å². The molecule has 1 fully saturated rings. The zero-order valence-corrected chi connectivity index (χ0v) is 9.10. The molecule has 1 atom stereocenters. The van der Waals surface area contributed by atoms with Crippen molar-refractivity contribution < 1.29 is 4.39 Å². The van der Waals surface area contributed by atoms with E-state index in [0.717, 1.165) is 5.56 Å². The van der Waals surface area contributed by atoms with E-state index in [0.29, 0.717) is 17.6 Å². The molecule has 0 aromatic heterocycles. The highest BCUT2D eigenvalue weighted by molar-refractivity contribution is 6.31. The molecule has 0 spiro atoms. The summed E-state index contributed by atoms with van der Waals surface area (Å²) in [6, 6.07) is 5.03. The first-order chi connectivity index (χ1) is 7.20. The predicted octanol–water partition coefficient (Wildman–Crippen LogP) is 2.23. The van der Waals surface area contributed by atoms with Gasteiger partial charge in [-0.15, -0.1) is 0 Å². The summed E-state index contributed by atoms with van der Waals surface area (Å²) < 4.78 is 12.9. The molecule has 1 aromatic rings. The third kappa shape index (κ3) is 2.68. The van der Waals surface area contributed by atoms with Crippen molar-refractivity contribution in [3.63, 3.8) is 0 Å². The van der Waals surface area contributed by atoms with Gasteiger partial charge in [0.2, 0.25) is 0 Å². The molecule has 4 heteroatoms. The zero-order valence-electron chi connectivity index (χ0n) is 8.34. The molecule has 0 saturated heterocycles. The molecule has 0 heterocycles. The highest BCUT2D eigenvalue weighted by Gasteiger charge is 2.25. The molecule has 0 aliphatic heterocycles. The van der Waals surface area contributed by atoms with Crippen LogP contribution in [0.25, 0.3) is 0 Å². The van der Waals surface area contributed by atoms with Crippen LogP contribution in [-0.4, -0.2) is 12.6 Å². The lowest BCUT2D eigenvalue weighted by Crippen LogP contribution is -2.30. The van der Waals surface area contributed by atoms with Crippen molar-refractivity contribution in [2.45, 2.75) is 24.9 Å². The highest BCUT2D eigenvalue weighted by atomic mass is 35.5. The molecule has 3 N–H and O–H groups in total. The van der Waals surface area contributed by atoms with Crippen molar-refractivity contribution in [2.75, 3.05) is 6.54 Å². The van der Waals surface area contributed by atoms with Gasteiger partial charge < -0.3 is 11.1 Å². The summed E-state index contributed by atoms with van der Waals surface area (Å²) in [6.07, 6.45) is 2.38. The smallest absolute Gasteiger partial charge is 0.124 e. The Hall–Kier alpha value is -0.640. The topological polar surface area (TPSA) is 38.0 Å². The van der Waals surface area contributed by atoms with Gasteiger partial charge in [0, 0.05) is 23.7 Å². The fraction of sp³-hybridized carbons (Fsp3) is 0.455. The quantitative estimate of drug-likeness (QED) is 0.830. The van der Waals surface area contributed by atoms with E-state index in [2.05, 4.69) is 5.32 Å². The minimum Gasteiger partial charge on any atom is -0.329 e. The van der Waals surface area contributed by atoms with Crippen LogP contribution < -0.4 is 11.1 Å². The van der Waals surface area contributed by atoms with Gasteiger partial charge in [0.15, 0.2) is 0 Å². The van der Waals surface area contributed by atoms with Crippen molar-refractivity contribution in [1.82, 2.24) is 5.32 Å². The largest absolute Gasteiger partial charge is 0.329 e. The van der Waals surface area contributed by atoms with E-state index in [4.69, 9.17) is 17.3 Å². The number of halogens is 2. The van der Waals surface area contributed by atoms with Crippen molar-refractivity contribution in [3.8, 4) is 0 Å². The van der Waals surface area contributed by atoms with E-state index >= 15 is 0 Å². The van der Waals surface area contributed by atoms with Crippen molar-refractivity contribution in [1.29, 1.82) is 0 Å². The molecule has 2 rings (SSSR count). The third-order valence-corrected chi connectivity index (χ3v) is 2.92. The van der Waals surface area contributed by atoms with Crippen LogP contribution in [0.1, 0.15) is 24.4 Å². The van der Waals surface area contributed by atoms with E-state index in [1.807, 2.05) is 0 Å². The molecule has 0 amide bonds. The maximum absolute atomic E-state index is 12.9. The first kappa shape index (κ1) is 10.9. The second-order valence-electron chi connectivity index (χ2n) is 3.90. The van der Waals surface area contributed by atoms with Gasteiger partial charge in [0.05, 0.1) is 0 Å². The SMILES string of the molecule is NCC(NC1CC1)c1ccc(F)cc1Cl. The molecule has 1 aliphatic rings. The normalized spacial score (nSPS) is 17.8. The lowest BCUT2D eigenvalue weighted by Gasteiger charge is -2.18. The number of hydrogen-bond acceptors (Lipinski definition) is 2. The summed E-state index contributed by atoms with van der Waals surface area (Å²) in [5, 5.41) is 3.83. The molecular weight excluding hydrogens is 215 g/mol. The van der Waals surface area contributed by atoms with Gasteiger partial charge in [0.25, 0.3) is 0 Å². The molecule has 1 unspecified atom stereocenters. The van der Waals surface area contributed by atoms with E-state index in [9.17, 15) is 4.39 Å². The molecule has 0 bridgehead atoms. The Morgan fingerprint density at radius 2 is 2.27 bits per heavy atom. The number of nitrogens with one attached hydrogen (secondary N) is 1. The maximum Gasteiger partial charge on any atom is 0.124 e. The molecule has 2 nitrogen and oxygen atoms in total. The van der Waals surface area contributed by atoms with Gasteiger partial charge in [-0.2, -0.15) is 0 Å². The summed E-state index contributed by atoms with van der Waals surface area (Å²) in [5.74, 6) is -0.314. The van der Waals surface area contributed by atoms with Crippen LogP contribution in [0.5, 0.6) is 0 Å². The second-order valence-corrected chi connectivity index (χ2v) is 4.30. The number of rotatable bonds is 4. The van der Waals surface area contributed by atoms with Gasteiger partial charge in [0.1, 0.15) is 5.82 Å². The maximum atomic E-state index is 12.9. The van der Waals surface area contributed by atoms with Crippen molar-refractivity contribution in [2.24, 2.45) is 5.73 Å². The summed E-state index contributed by atoms with van der Waals surface area (Å²) in [5.41, 5.74) is 6.55. The Labute approximate surface area is 93.6 Å². The van der Waals surface area contributed by atoms with Crippen molar-refractivity contribution >= 4 is 11.6 Å². The fourth-order valence-electron chi connectivity index (χ4n) is 1.60. The summed E-state index contributed by atoms with van der Waals surface area (Å²) >= 11 is 5.97. The van der Waals surface area contributed by atoms with E-state index in [1.165, 1.54) is 25.0 Å². The van der Waals surface area contributed by atoms with E-state index in [1.54, 1.807) is 6.07 Å². The fourth-order valence-corrected chi connectivity index (χ4v) is 1.90. The van der Waals surface area contributed by atoms with Crippen LogP contribution in [0.15, 0.2) is 18.2 Å². The van der Waals surface area contributed by atoms with Crippen molar-refractivity contribution in [3.05, 3.63) is 34.6 Å². The Balaban J connectivity index is 2.16. The number of hydrogen-bond donors (Lipinski definition) is 2. The third-order valence-electron chi connectivity index (χ3n) is 2.59. The van der Waals surface area contributed by atoms with Crippen LogP contribution in [-0.2, 0) is 0 Å². The van der Waals surface area contributed by atoms with Crippen LogP contribution in [0, 0.1) is 5.82 Å². The molecule has 1 aliphatic carbocycles. The van der Waals surface area contributed by atoms with Gasteiger partial charge in [-0.25, -0.2) is 4.39 Å². The van der Waals surface area contributed by atoms with Crippen LogP contribution >= 0.6 is 11.6 Å². The predicted molar refractivity (Wildman–Crippen MR) is 59.4 cm³/mol. The Morgan fingerprint density at radius 3 is 2.80 bits per heavy atom. The first-order valence-electron chi connectivity index (χ1n) is 5.12. The second kappa shape index (κ2) is 4.47. The van der Waals surface area contributed by atoms with Gasteiger partial charge >= 0.3 is 0 Å². The minimum atomic E-state index is -0.314. The number of benzene rings is 1. The zero-order chi connectivity index (χ0) is 10.8. The molecule has 0 radical (unpaired) electrons. The van der Waals surface area contributed by atoms with Crippen LogP contribution in [0.4, 0.5) is 4.39 Å². The highest BCUT2D eigenvalue weighted by Crippen LogP contribution is 2.27. The average Bonchev–Trinajstić information content (AvgIpc) is 2.99. The molecule has 1 saturated carbocycles. The standard InChI is InChI=1S/C11H14ClFN2/c12-10-5-7(13)1-4-9(10)11(6-14)15-8-2-3-8/h1,4-5,8,11,15H,2-3,6,14H2. The Bertz CT molecular complexity index is 352. The molecule has 1 aromatic carbocycles. The lowest BCUT2D eigenvalue weighted by atomic mass is 10.1. The number of nitrogens with two attached hydrogens (primary N) is 1. The van der Waals surface area contributed by atoms with Gasteiger partial charge in [-0.3, -0.25) is 0 Å². The molecule has 15 heavy (non-hydrogen) atoms. The van der Waals surface area contributed by atoms with Crippen LogP contribution in [0.3, 0.4) is 0 Å². The average molecular weight is 229 g/mol. The lowest BCUT2D eigenvalue weighted by molar-refractivity contribution is 0.537. The minimum absolute atomic E-state index is 0.0330. The summed E-state index contributed by atoms with van der Waals surface area (Å²) in [7, 11) is 0. The Morgan fingerprint density at radius 1 is 1.53 bits per heavy atom. The van der Waals surface area contributed by atoms with E-state index in [-0.39, 0.29) is 11.9 Å². The molecular formula is C11H14ClFN2. The van der Waals surface area contributed by atoms with Crippen LogP contribution in [0.2, 0.25) is 5.02 Å². The monoisotopic (exact) mass is 228 g/mol.